The highest BCUT2D eigenvalue weighted by molar-refractivity contribution is 5.57. The molecule has 2 aromatic rings. The summed E-state index contributed by atoms with van der Waals surface area (Å²) < 4.78 is 1.93. The lowest BCUT2D eigenvalue weighted by Gasteiger charge is -2.26. The van der Waals surface area contributed by atoms with E-state index in [2.05, 4.69) is 46.1 Å². The van der Waals surface area contributed by atoms with Gasteiger partial charge in [-0.15, -0.1) is 5.10 Å². The summed E-state index contributed by atoms with van der Waals surface area (Å²) in [4.78, 5) is 9.76. The highest BCUT2D eigenvalue weighted by atomic mass is 15.4. The second-order valence-corrected chi connectivity index (χ2v) is 7.45. The maximum absolute atomic E-state index is 4.82. The third kappa shape index (κ3) is 3.43. The first-order valence-corrected chi connectivity index (χ1v) is 9.73. The van der Waals surface area contributed by atoms with E-state index in [4.69, 9.17) is 4.98 Å². The van der Waals surface area contributed by atoms with Crippen molar-refractivity contribution in [3.8, 4) is 11.4 Å². The van der Waals surface area contributed by atoms with E-state index in [-0.39, 0.29) is 0 Å². The number of aryl methyl sites for hydroxylation is 1. The van der Waals surface area contributed by atoms with Crippen LogP contribution in [0.1, 0.15) is 50.6 Å². The van der Waals surface area contributed by atoms with Gasteiger partial charge in [-0.25, -0.2) is 4.68 Å². The van der Waals surface area contributed by atoms with Crippen molar-refractivity contribution in [2.45, 2.75) is 45.1 Å². The molecule has 2 saturated heterocycles. The van der Waals surface area contributed by atoms with E-state index in [1.165, 1.54) is 50.8 Å². The largest absolute Gasteiger partial charge is 0.341 e. The molecule has 1 unspecified atom stereocenters. The number of aromatic nitrogens is 3. The quantitative estimate of drug-likeness (QED) is 0.852. The summed E-state index contributed by atoms with van der Waals surface area (Å²) in [5.41, 5.74) is 2.49. The van der Waals surface area contributed by atoms with Crippen LogP contribution in [0.4, 0.5) is 5.95 Å². The van der Waals surface area contributed by atoms with Gasteiger partial charge < -0.3 is 4.90 Å². The van der Waals surface area contributed by atoms with Crippen molar-refractivity contribution in [2.75, 3.05) is 31.1 Å². The summed E-state index contributed by atoms with van der Waals surface area (Å²) in [6.07, 6.45) is 6.51. The molecule has 0 amide bonds. The predicted octanol–water partition coefficient (Wildman–Crippen LogP) is 3.63. The van der Waals surface area contributed by atoms with E-state index in [0.717, 1.165) is 30.4 Å². The molecule has 2 aliphatic heterocycles. The standard InChI is InChI=1S/C20H29N5/c1-16(24-12-6-7-13-24)17-8-10-18(11-9-17)19-21-20(23(2)22-19)25-14-4-3-5-15-25/h8-11,16H,3-7,12-15H2,1-2H3. The minimum atomic E-state index is 0.497. The summed E-state index contributed by atoms with van der Waals surface area (Å²) >= 11 is 0. The van der Waals surface area contributed by atoms with Crippen molar-refractivity contribution >= 4 is 5.95 Å². The number of benzene rings is 1. The first kappa shape index (κ1) is 16.6. The third-order valence-electron chi connectivity index (χ3n) is 5.72. The van der Waals surface area contributed by atoms with E-state index in [1.807, 2.05) is 11.7 Å². The van der Waals surface area contributed by atoms with Crippen LogP contribution in [0.25, 0.3) is 11.4 Å². The van der Waals surface area contributed by atoms with Gasteiger partial charge in [0.25, 0.3) is 0 Å². The maximum Gasteiger partial charge on any atom is 0.224 e. The number of nitrogens with zero attached hydrogens (tertiary/aromatic N) is 5. The van der Waals surface area contributed by atoms with Gasteiger partial charge >= 0.3 is 0 Å². The Labute approximate surface area is 150 Å². The second-order valence-electron chi connectivity index (χ2n) is 7.45. The molecular weight excluding hydrogens is 310 g/mol. The number of hydrogen-bond acceptors (Lipinski definition) is 4. The van der Waals surface area contributed by atoms with Crippen LogP contribution in [0, 0.1) is 0 Å². The van der Waals surface area contributed by atoms with Crippen LogP contribution in [-0.2, 0) is 7.05 Å². The number of rotatable bonds is 4. The Balaban J connectivity index is 1.52. The molecule has 25 heavy (non-hydrogen) atoms. The molecule has 0 spiro atoms. The van der Waals surface area contributed by atoms with E-state index < -0.39 is 0 Å². The molecule has 0 N–H and O–H groups in total. The fraction of sp³-hybridized carbons (Fsp3) is 0.600. The molecule has 0 radical (unpaired) electrons. The summed E-state index contributed by atoms with van der Waals surface area (Å²) in [5, 5.41) is 4.66. The van der Waals surface area contributed by atoms with Crippen LogP contribution in [-0.4, -0.2) is 45.8 Å². The van der Waals surface area contributed by atoms with E-state index in [0.29, 0.717) is 6.04 Å². The van der Waals surface area contributed by atoms with Gasteiger partial charge in [-0.3, -0.25) is 4.90 Å². The molecule has 2 fully saturated rings. The topological polar surface area (TPSA) is 37.2 Å². The van der Waals surface area contributed by atoms with Crippen LogP contribution in [0.15, 0.2) is 24.3 Å². The molecule has 1 aromatic carbocycles. The fourth-order valence-electron chi connectivity index (χ4n) is 4.12. The number of likely N-dealkylation sites (tertiary alicyclic amines) is 1. The lowest BCUT2D eigenvalue weighted by molar-refractivity contribution is 0.263. The van der Waals surface area contributed by atoms with Gasteiger partial charge in [0.05, 0.1) is 0 Å². The van der Waals surface area contributed by atoms with Gasteiger partial charge in [-0.1, -0.05) is 24.3 Å². The van der Waals surface area contributed by atoms with Gasteiger partial charge in [0.15, 0.2) is 5.82 Å². The first-order valence-electron chi connectivity index (χ1n) is 9.73. The third-order valence-corrected chi connectivity index (χ3v) is 5.72. The minimum absolute atomic E-state index is 0.497. The summed E-state index contributed by atoms with van der Waals surface area (Å²) in [5.74, 6) is 1.84. The summed E-state index contributed by atoms with van der Waals surface area (Å²) in [7, 11) is 2.00. The maximum atomic E-state index is 4.82. The van der Waals surface area contributed by atoms with Gasteiger partial charge in [0.2, 0.25) is 5.95 Å². The molecule has 1 atom stereocenters. The Bertz CT molecular complexity index is 693. The molecule has 5 heteroatoms. The monoisotopic (exact) mass is 339 g/mol. The Hall–Kier alpha value is -1.88. The molecule has 4 rings (SSSR count). The zero-order chi connectivity index (χ0) is 17.2. The van der Waals surface area contributed by atoms with Crippen LogP contribution >= 0.6 is 0 Å². The van der Waals surface area contributed by atoms with Gasteiger partial charge in [0.1, 0.15) is 0 Å². The van der Waals surface area contributed by atoms with Crippen molar-refractivity contribution in [1.82, 2.24) is 19.7 Å². The lowest BCUT2D eigenvalue weighted by atomic mass is 10.0. The smallest absolute Gasteiger partial charge is 0.224 e. The lowest BCUT2D eigenvalue weighted by Crippen LogP contribution is -2.31. The van der Waals surface area contributed by atoms with Gasteiger partial charge in [0, 0.05) is 31.7 Å². The molecule has 0 aliphatic carbocycles. The SMILES string of the molecule is CC(c1ccc(-c2nc(N3CCCCC3)n(C)n2)cc1)N1CCCC1. The number of hydrogen-bond donors (Lipinski definition) is 0. The Morgan fingerprint density at radius 3 is 2.20 bits per heavy atom. The second kappa shape index (κ2) is 7.16. The van der Waals surface area contributed by atoms with Crippen molar-refractivity contribution in [3.05, 3.63) is 29.8 Å². The Kier molecular flexibility index (Phi) is 4.75. The van der Waals surface area contributed by atoms with Gasteiger partial charge in [-0.2, -0.15) is 4.98 Å². The van der Waals surface area contributed by atoms with Crippen LogP contribution in [0.3, 0.4) is 0 Å². The fourth-order valence-corrected chi connectivity index (χ4v) is 4.12. The van der Waals surface area contributed by atoms with Crippen LogP contribution in [0.5, 0.6) is 0 Å². The summed E-state index contributed by atoms with van der Waals surface area (Å²) in [6.45, 7) is 6.96. The molecule has 1 aromatic heterocycles. The highest BCUT2D eigenvalue weighted by Gasteiger charge is 2.20. The van der Waals surface area contributed by atoms with Crippen molar-refractivity contribution in [2.24, 2.45) is 7.05 Å². The molecular formula is C20H29N5. The minimum Gasteiger partial charge on any atom is -0.341 e. The van der Waals surface area contributed by atoms with Crippen molar-refractivity contribution in [1.29, 1.82) is 0 Å². The number of anilines is 1. The highest BCUT2D eigenvalue weighted by Crippen LogP contribution is 2.27. The van der Waals surface area contributed by atoms with Gasteiger partial charge in [-0.05, 0) is 57.7 Å². The molecule has 0 bridgehead atoms. The average Bonchev–Trinajstić information content (AvgIpc) is 3.32. The van der Waals surface area contributed by atoms with E-state index >= 15 is 0 Å². The Morgan fingerprint density at radius 1 is 0.880 bits per heavy atom. The van der Waals surface area contributed by atoms with Crippen molar-refractivity contribution < 1.29 is 0 Å². The normalized spacial score (nSPS) is 20.2. The van der Waals surface area contributed by atoms with Crippen LogP contribution < -0.4 is 4.90 Å². The average molecular weight is 339 g/mol. The summed E-state index contributed by atoms with van der Waals surface area (Å²) in [6, 6.07) is 9.34. The van der Waals surface area contributed by atoms with E-state index in [1.54, 1.807) is 0 Å². The zero-order valence-electron chi connectivity index (χ0n) is 15.5. The van der Waals surface area contributed by atoms with Crippen LogP contribution in [0.2, 0.25) is 0 Å². The molecule has 0 saturated carbocycles. The number of piperidine rings is 1. The zero-order valence-corrected chi connectivity index (χ0v) is 15.5. The molecule has 2 aliphatic rings. The molecule has 5 nitrogen and oxygen atoms in total. The van der Waals surface area contributed by atoms with Crippen molar-refractivity contribution in [3.63, 3.8) is 0 Å². The van der Waals surface area contributed by atoms with E-state index in [9.17, 15) is 0 Å². The first-order chi connectivity index (χ1) is 12.2. The Morgan fingerprint density at radius 2 is 1.52 bits per heavy atom. The molecule has 3 heterocycles. The molecule has 134 valence electrons. The predicted molar refractivity (Wildman–Crippen MR) is 102 cm³/mol.